The molecule has 1 unspecified atom stereocenters. The molecule has 0 radical (unpaired) electrons. The van der Waals surface area contributed by atoms with Crippen molar-refractivity contribution in [3.8, 4) is 0 Å². The van der Waals surface area contributed by atoms with Crippen LogP contribution in [0.2, 0.25) is 0 Å². The molecule has 0 heteroatoms. The minimum absolute atomic E-state index is 0.768. The Morgan fingerprint density at radius 3 is 2.00 bits per heavy atom. The second-order valence-corrected chi connectivity index (χ2v) is 3.27. The van der Waals surface area contributed by atoms with Gasteiger partial charge in [0.05, 0.1) is 0 Å². The van der Waals surface area contributed by atoms with E-state index in [-0.39, 0.29) is 0 Å². The molecule has 0 saturated carbocycles. The van der Waals surface area contributed by atoms with Crippen LogP contribution < -0.4 is 0 Å². The first-order valence-electron chi connectivity index (χ1n) is 4.92. The molecule has 66 valence electrons. The minimum atomic E-state index is 0.768. The summed E-state index contributed by atoms with van der Waals surface area (Å²) in [5.74, 6) is 1.66. The summed E-state index contributed by atoms with van der Waals surface area (Å²) >= 11 is 0. The number of rotatable bonds is 5. The average Bonchev–Trinajstić information content (AvgIpc) is 2.03. The van der Waals surface area contributed by atoms with Crippen molar-refractivity contribution in [2.75, 3.05) is 0 Å². The summed E-state index contributed by atoms with van der Waals surface area (Å²) in [6.07, 6.45) is 8.43. The Bertz CT molecular complexity index is 98.6. The Hall–Kier alpha value is -0.260. The predicted octanol–water partition coefficient (Wildman–Crippen LogP) is 4.02. The van der Waals surface area contributed by atoms with Gasteiger partial charge in [-0.15, -0.1) is 0 Å². The maximum absolute atomic E-state index is 2.36. The monoisotopic (exact) mass is 154 g/mol. The molecule has 0 amide bonds. The van der Waals surface area contributed by atoms with Gasteiger partial charge in [0.1, 0.15) is 0 Å². The molecule has 0 bridgehead atoms. The smallest absolute Gasteiger partial charge is 0.0234 e. The second-order valence-electron chi connectivity index (χ2n) is 3.27. The fourth-order valence-corrected chi connectivity index (χ4v) is 1.54. The summed E-state index contributed by atoms with van der Waals surface area (Å²) in [5.41, 5.74) is 0. The maximum Gasteiger partial charge on any atom is -0.0234 e. The third kappa shape index (κ3) is 4.23. The Morgan fingerprint density at radius 1 is 1.09 bits per heavy atom. The molecule has 0 aliphatic rings. The van der Waals surface area contributed by atoms with E-state index in [1.54, 1.807) is 0 Å². The molecule has 0 fully saturated rings. The summed E-state index contributed by atoms with van der Waals surface area (Å²) in [5, 5.41) is 0. The van der Waals surface area contributed by atoms with Crippen LogP contribution in [0.4, 0.5) is 0 Å². The highest BCUT2D eigenvalue weighted by Crippen LogP contribution is 2.20. The molecule has 0 saturated heterocycles. The largest absolute Gasteiger partial charge is 0.0885 e. The lowest BCUT2D eigenvalue weighted by Crippen LogP contribution is -2.06. The van der Waals surface area contributed by atoms with Gasteiger partial charge in [0.15, 0.2) is 0 Å². The van der Waals surface area contributed by atoms with Crippen LogP contribution >= 0.6 is 0 Å². The van der Waals surface area contributed by atoms with E-state index in [2.05, 4.69) is 39.8 Å². The highest BCUT2D eigenvalue weighted by Gasteiger charge is 2.08. The number of allylic oxidation sites excluding steroid dienone is 2. The van der Waals surface area contributed by atoms with E-state index in [9.17, 15) is 0 Å². The van der Waals surface area contributed by atoms with Crippen molar-refractivity contribution in [3.05, 3.63) is 12.2 Å². The van der Waals surface area contributed by atoms with Gasteiger partial charge >= 0.3 is 0 Å². The Morgan fingerprint density at radius 2 is 1.64 bits per heavy atom. The third-order valence-corrected chi connectivity index (χ3v) is 2.47. The van der Waals surface area contributed by atoms with Gasteiger partial charge in [-0.3, -0.25) is 0 Å². The zero-order chi connectivity index (χ0) is 8.69. The summed E-state index contributed by atoms with van der Waals surface area (Å²) in [7, 11) is 0. The molecule has 0 aliphatic heterocycles. The van der Waals surface area contributed by atoms with Crippen molar-refractivity contribution in [2.24, 2.45) is 11.8 Å². The highest BCUT2D eigenvalue weighted by molar-refractivity contribution is 4.88. The van der Waals surface area contributed by atoms with Crippen molar-refractivity contribution in [3.63, 3.8) is 0 Å². The van der Waals surface area contributed by atoms with Crippen molar-refractivity contribution >= 4 is 0 Å². The van der Waals surface area contributed by atoms with Gasteiger partial charge in [0, 0.05) is 0 Å². The van der Waals surface area contributed by atoms with Gasteiger partial charge in [0.25, 0.3) is 0 Å². The molecule has 0 heterocycles. The molecule has 0 spiro atoms. The molecule has 0 aromatic rings. The topological polar surface area (TPSA) is 0 Å². The molecule has 0 aliphatic carbocycles. The van der Waals surface area contributed by atoms with Crippen LogP contribution in [0.25, 0.3) is 0 Å². The summed E-state index contributed by atoms with van der Waals surface area (Å²) < 4.78 is 0. The fraction of sp³-hybridized carbons (Fsp3) is 0.818. The molecule has 0 aromatic carbocycles. The predicted molar refractivity (Wildman–Crippen MR) is 52.7 cm³/mol. The lowest BCUT2D eigenvalue weighted by atomic mass is 9.89. The molecule has 0 N–H and O–H groups in total. The lowest BCUT2D eigenvalue weighted by molar-refractivity contribution is 0.394. The zero-order valence-corrected chi connectivity index (χ0v) is 8.43. The van der Waals surface area contributed by atoms with Crippen molar-refractivity contribution in [1.82, 2.24) is 0 Å². The molecule has 11 heavy (non-hydrogen) atoms. The van der Waals surface area contributed by atoms with Gasteiger partial charge < -0.3 is 0 Å². The Balaban J connectivity index is 3.77. The van der Waals surface area contributed by atoms with E-state index in [0.29, 0.717) is 0 Å². The minimum Gasteiger partial charge on any atom is -0.0885 e. The van der Waals surface area contributed by atoms with Gasteiger partial charge in [-0.1, -0.05) is 52.7 Å². The van der Waals surface area contributed by atoms with Crippen molar-refractivity contribution in [2.45, 2.75) is 47.0 Å². The van der Waals surface area contributed by atoms with Crippen LogP contribution in [0.15, 0.2) is 12.2 Å². The summed E-state index contributed by atoms with van der Waals surface area (Å²) in [6, 6.07) is 0. The van der Waals surface area contributed by atoms with Crippen LogP contribution in [0.3, 0.4) is 0 Å². The number of hydrogen-bond donors (Lipinski definition) is 0. The van der Waals surface area contributed by atoms with Crippen LogP contribution in [0.5, 0.6) is 0 Å². The first-order valence-corrected chi connectivity index (χ1v) is 4.92. The first-order chi connectivity index (χ1) is 5.26. The van der Waals surface area contributed by atoms with Gasteiger partial charge in [-0.25, -0.2) is 0 Å². The molecule has 1 atom stereocenters. The molecular formula is C11H22. The highest BCUT2D eigenvalue weighted by atomic mass is 14.1. The van der Waals surface area contributed by atoms with E-state index in [0.717, 1.165) is 11.8 Å². The van der Waals surface area contributed by atoms with Gasteiger partial charge in [0.2, 0.25) is 0 Å². The van der Waals surface area contributed by atoms with E-state index < -0.39 is 0 Å². The van der Waals surface area contributed by atoms with Gasteiger partial charge in [-0.05, 0) is 18.3 Å². The van der Waals surface area contributed by atoms with E-state index in [4.69, 9.17) is 0 Å². The van der Waals surface area contributed by atoms with Crippen LogP contribution in [-0.4, -0.2) is 0 Å². The second kappa shape index (κ2) is 6.45. The summed E-state index contributed by atoms with van der Waals surface area (Å²) in [6.45, 7) is 9.08. The first kappa shape index (κ1) is 10.7. The summed E-state index contributed by atoms with van der Waals surface area (Å²) in [4.78, 5) is 0. The van der Waals surface area contributed by atoms with Crippen LogP contribution in [0.1, 0.15) is 47.0 Å². The van der Waals surface area contributed by atoms with E-state index in [1.807, 2.05) is 0 Å². The van der Waals surface area contributed by atoms with Crippen LogP contribution in [0, 0.1) is 11.8 Å². The standard InChI is InChI=1S/C11H22/c1-5-8-9-10(4)11(6-2)7-3/h8-11H,5-7H2,1-4H3. The Kier molecular flexibility index (Phi) is 6.30. The quantitative estimate of drug-likeness (QED) is 0.524. The van der Waals surface area contributed by atoms with Crippen molar-refractivity contribution in [1.29, 1.82) is 0 Å². The fourth-order valence-electron chi connectivity index (χ4n) is 1.54. The average molecular weight is 154 g/mol. The Labute approximate surface area is 71.7 Å². The van der Waals surface area contributed by atoms with Crippen LogP contribution in [-0.2, 0) is 0 Å². The molecule has 0 rings (SSSR count). The normalized spacial score (nSPS) is 14.6. The SMILES string of the molecule is CCC=CC(C)C(CC)CC. The van der Waals surface area contributed by atoms with E-state index in [1.165, 1.54) is 19.3 Å². The van der Waals surface area contributed by atoms with Gasteiger partial charge in [-0.2, -0.15) is 0 Å². The van der Waals surface area contributed by atoms with Crippen molar-refractivity contribution < 1.29 is 0 Å². The maximum atomic E-state index is 2.36. The molecular weight excluding hydrogens is 132 g/mol. The number of hydrogen-bond acceptors (Lipinski definition) is 0. The molecule has 0 aromatic heterocycles. The zero-order valence-electron chi connectivity index (χ0n) is 8.43. The third-order valence-electron chi connectivity index (χ3n) is 2.47. The lowest BCUT2D eigenvalue weighted by Gasteiger charge is -2.17. The van der Waals surface area contributed by atoms with E-state index >= 15 is 0 Å². The molecule has 0 nitrogen and oxygen atoms in total.